The number of aromatic nitrogens is 2. The highest BCUT2D eigenvalue weighted by Crippen LogP contribution is 2.39. The van der Waals surface area contributed by atoms with Crippen molar-refractivity contribution in [1.29, 1.82) is 0 Å². The third-order valence-electron chi connectivity index (χ3n) is 7.31. The molecule has 0 unspecified atom stereocenters. The molecule has 5 rings (SSSR count). The quantitative estimate of drug-likeness (QED) is 0.599. The molecule has 2 saturated heterocycles. The van der Waals surface area contributed by atoms with Crippen molar-refractivity contribution in [3.8, 4) is 0 Å². The molecule has 0 N–H and O–H groups in total. The Bertz CT molecular complexity index is 1040. The van der Waals surface area contributed by atoms with E-state index in [1.165, 1.54) is 55.3 Å². The maximum absolute atomic E-state index is 4.89. The molecule has 3 aromatic rings. The van der Waals surface area contributed by atoms with Crippen molar-refractivity contribution in [2.24, 2.45) is 0 Å². The van der Waals surface area contributed by atoms with Crippen LogP contribution in [-0.4, -0.2) is 40.0 Å². The average molecular weight is 401 g/mol. The SMILES string of the molecule is Cc1ccc(C)c(CN2CCCCC23CCN(c2cnc4ccccc4n2)CC3)c1. The summed E-state index contributed by atoms with van der Waals surface area (Å²) >= 11 is 0. The summed E-state index contributed by atoms with van der Waals surface area (Å²) in [5.41, 5.74) is 6.59. The average Bonchev–Trinajstić information content (AvgIpc) is 2.78. The molecule has 4 nitrogen and oxygen atoms in total. The van der Waals surface area contributed by atoms with E-state index in [2.05, 4.69) is 52.9 Å². The van der Waals surface area contributed by atoms with E-state index in [4.69, 9.17) is 4.98 Å². The molecule has 0 amide bonds. The number of benzene rings is 2. The minimum Gasteiger partial charge on any atom is -0.355 e. The van der Waals surface area contributed by atoms with Crippen LogP contribution >= 0.6 is 0 Å². The van der Waals surface area contributed by atoms with Gasteiger partial charge in [-0.3, -0.25) is 9.88 Å². The lowest BCUT2D eigenvalue weighted by molar-refractivity contribution is 0.0181. The summed E-state index contributed by atoms with van der Waals surface area (Å²) in [6.45, 7) is 8.91. The normalized spacial score (nSPS) is 19.5. The molecular weight excluding hydrogens is 368 g/mol. The Morgan fingerprint density at radius 3 is 2.53 bits per heavy atom. The highest BCUT2D eigenvalue weighted by Gasteiger charge is 2.41. The Kier molecular flexibility index (Phi) is 5.20. The number of aryl methyl sites for hydroxylation is 2. The largest absolute Gasteiger partial charge is 0.355 e. The summed E-state index contributed by atoms with van der Waals surface area (Å²) in [7, 11) is 0. The van der Waals surface area contributed by atoms with Crippen molar-refractivity contribution in [2.75, 3.05) is 24.5 Å². The van der Waals surface area contributed by atoms with E-state index in [1.54, 1.807) is 0 Å². The summed E-state index contributed by atoms with van der Waals surface area (Å²) in [5, 5.41) is 0. The Morgan fingerprint density at radius 1 is 0.900 bits per heavy atom. The smallest absolute Gasteiger partial charge is 0.147 e. The molecule has 2 aliphatic rings. The second-order valence-corrected chi connectivity index (χ2v) is 9.24. The molecule has 1 spiro atoms. The first-order valence-electron chi connectivity index (χ1n) is 11.4. The molecule has 0 atom stereocenters. The molecule has 156 valence electrons. The van der Waals surface area contributed by atoms with Crippen LogP contribution in [0, 0.1) is 13.8 Å². The van der Waals surface area contributed by atoms with Crippen molar-refractivity contribution < 1.29 is 0 Å². The molecule has 1 aromatic heterocycles. The van der Waals surface area contributed by atoms with Crippen LogP contribution in [0.2, 0.25) is 0 Å². The lowest BCUT2D eigenvalue weighted by atomic mass is 9.78. The molecule has 30 heavy (non-hydrogen) atoms. The zero-order chi connectivity index (χ0) is 20.6. The predicted molar refractivity (Wildman–Crippen MR) is 124 cm³/mol. The first-order valence-corrected chi connectivity index (χ1v) is 11.4. The Labute approximate surface area is 179 Å². The van der Waals surface area contributed by atoms with E-state index in [9.17, 15) is 0 Å². The number of para-hydroxylation sites is 2. The monoisotopic (exact) mass is 400 g/mol. The fourth-order valence-electron chi connectivity index (χ4n) is 5.39. The summed E-state index contributed by atoms with van der Waals surface area (Å²) < 4.78 is 0. The molecule has 4 heteroatoms. The van der Waals surface area contributed by atoms with Gasteiger partial charge in [-0.2, -0.15) is 0 Å². The number of piperidine rings is 2. The second kappa shape index (κ2) is 7.99. The van der Waals surface area contributed by atoms with Gasteiger partial charge in [0.15, 0.2) is 0 Å². The highest BCUT2D eigenvalue weighted by molar-refractivity contribution is 5.75. The zero-order valence-electron chi connectivity index (χ0n) is 18.3. The zero-order valence-corrected chi connectivity index (χ0v) is 18.3. The standard InChI is InChI=1S/C26H32N4/c1-20-9-10-21(2)22(17-20)19-30-14-6-5-11-26(30)12-15-29(16-13-26)25-18-27-23-7-3-4-8-24(23)28-25/h3-4,7-10,17-18H,5-6,11-16,19H2,1-2H3. The maximum Gasteiger partial charge on any atom is 0.147 e. The van der Waals surface area contributed by atoms with Crippen LogP contribution in [0.4, 0.5) is 5.82 Å². The van der Waals surface area contributed by atoms with E-state index < -0.39 is 0 Å². The van der Waals surface area contributed by atoms with Crippen molar-refractivity contribution in [2.45, 2.75) is 58.0 Å². The first kappa shape index (κ1) is 19.5. The van der Waals surface area contributed by atoms with Crippen molar-refractivity contribution in [1.82, 2.24) is 14.9 Å². The third kappa shape index (κ3) is 3.69. The molecule has 0 radical (unpaired) electrons. The second-order valence-electron chi connectivity index (χ2n) is 9.24. The van der Waals surface area contributed by atoms with Crippen LogP contribution in [0.1, 0.15) is 48.8 Å². The lowest BCUT2D eigenvalue weighted by Gasteiger charge is -2.52. The third-order valence-corrected chi connectivity index (χ3v) is 7.31. The fraction of sp³-hybridized carbons (Fsp3) is 0.462. The summed E-state index contributed by atoms with van der Waals surface area (Å²) in [4.78, 5) is 14.8. The number of likely N-dealkylation sites (tertiary alicyclic amines) is 1. The van der Waals surface area contributed by atoms with Gasteiger partial charge in [0.05, 0.1) is 17.2 Å². The van der Waals surface area contributed by atoms with Crippen molar-refractivity contribution in [3.63, 3.8) is 0 Å². The van der Waals surface area contributed by atoms with Gasteiger partial charge in [0.1, 0.15) is 5.82 Å². The van der Waals surface area contributed by atoms with Gasteiger partial charge < -0.3 is 4.90 Å². The summed E-state index contributed by atoms with van der Waals surface area (Å²) in [6.07, 6.45) is 8.40. The fourth-order valence-corrected chi connectivity index (χ4v) is 5.39. The first-order chi connectivity index (χ1) is 14.6. The Morgan fingerprint density at radius 2 is 1.70 bits per heavy atom. The van der Waals surface area contributed by atoms with Crippen LogP contribution in [0.5, 0.6) is 0 Å². The van der Waals surface area contributed by atoms with E-state index in [0.29, 0.717) is 5.54 Å². The molecular formula is C26H32N4. The molecule has 0 bridgehead atoms. The number of nitrogens with zero attached hydrogens (tertiary/aromatic N) is 4. The minimum absolute atomic E-state index is 0.342. The molecule has 0 aliphatic carbocycles. The molecule has 0 saturated carbocycles. The van der Waals surface area contributed by atoms with Gasteiger partial charge in [-0.05, 0) is 69.3 Å². The molecule has 2 aromatic carbocycles. The van der Waals surface area contributed by atoms with Gasteiger partial charge >= 0.3 is 0 Å². The molecule has 3 heterocycles. The Balaban J connectivity index is 1.33. The number of hydrogen-bond acceptors (Lipinski definition) is 4. The number of rotatable bonds is 3. The van der Waals surface area contributed by atoms with Gasteiger partial charge in [-0.15, -0.1) is 0 Å². The topological polar surface area (TPSA) is 32.3 Å². The van der Waals surface area contributed by atoms with E-state index in [0.717, 1.165) is 36.5 Å². The van der Waals surface area contributed by atoms with Crippen LogP contribution in [0.3, 0.4) is 0 Å². The molecule has 2 aliphatic heterocycles. The van der Waals surface area contributed by atoms with Crippen molar-refractivity contribution in [3.05, 3.63) is 65.4 Å². The molecule has 2 fully saturated rings. The van der Waals surface area contributed by atoms with Crippen LogP contribution in [0.25, 0.3) is 11.0 Å². The van der Waals surface area contributed by atoms with Crippen LogP contribution < -0.4 is 4.90 Å². The number of anilines is 1. The number of fused-ring (bicyclic) bond motifs is 1. The van der Waals surface area contributed by atoms with Gasteiger partial charge in [0.25, 0.3) is 0 Å². The highest BCUT2D eigenvalue weighted by atomic mass is 15.3. The Hall–Kier alpha value is -2.46. The van der Waals surface area contributed by atoms with Crippen molar-refractivity contribution >= 4 is 16.9 Å². The van der Waals surface area contributed by atoms with E-state index >= 15 is 0 Å². The van der Waals surface area contributed by atoms with E-state index in [-0.39, 0.29) is 0 Å². The predicted octanol–water partition coefficient (Wildman–Crippen LogP) is 5.27. The summed E-state index contributed by atoms with van der Waals surface area (Å²) in [6, 6.07) is 15.1. The van der Waals surface area contributed by atoms with E-state index in [1.807, 2.05) is 24.4 Å². The maximum atomic E-state index is 4.89. The lowest BCUT2D eigenvalue weighted by Crippen LogP contribution is -2.57. The minimum atomic E-state index is 0.342. The summed E-state index contributed by atoms with van der Waals surface area (Å²) in [5.74, 6) is 1.03. The van der Waals surface area contributed by atoms with Gasteiger partial charge in [0, 0.05) is 25.2 Å². The van der Waals surface area contributed by atoms with Gasteiger partial charge in [-0.1, -0.05) is 42.3 Å². The van der Waals surface area contributed by atoms with Crippen LogP contribution in [-0.2, 0) is 6.54 Å². The van der Waals surface area contributed by atoms with Gasteiger partial charge in [0.2, 0.25) is 0 Å². The van der Waals surface area contributed by atoms with Crippen LogP contribution in [0.15, 0.2) is 48.7 Å². The number of hydrogen-bond donors (Lipinski definition) is 0. The van der Waals surface area contributed by atoms with Gasteiger partial charge in [-0.25, -0.2) is 4.98 Å².